The van der Waals surface area contributed by atoms with Crippen molar-refractivity contribution in [3.05, 3.63) is 28.8 Å². The zero-order valence-electron chi connectivity index (χ0n) is 12.7. The van der Waals surface area contributed by atoms with Crippen molar-refractivity contribution in [2.45, 2.75) is 20.0 Å². The van der Waals surface area contributed by atoms with E-state index in [1.54, 1.807) is 11.8 Å². The summed E-state index contributed by atoms with van der Waals surface area (Å²) < 4.78 is 38.3. The maximum absolute atomic E-state index is 12.8. The van der Waals surface area contributed by atoms with Crippen molar-refractivity contribution in [1.82, 2.24) is 4.90 Å². The Morgan fingerprint density at radius 2 is 2.13 bits per heavy atom. The number of nitrogens with one attached hydrogen (secondary N) is 1. The predicted molar refractivity (Wildman–Crippen MR) is 82.0 cm³/mol. The maximum atomic E-state index is 12.8. The first-order valence-corrected chi connectivity index (χ1v) is 7.33. The number of hydrogen-bond acceptors (Lipinski definition) is 3. The summed E-state index contributed by atoms with van der Waals surface area (Å²) in [4.78, 5) is 13.7. The number of nitriles is 1. The number of amides is 1. The summed E-state index contributed by atoms with van der Waals surface area (Å²) in [7, 11) is 0. The van der Waals surface area contributed by atoms with E-state index in [1.807, 2.05) is 6.92 Å². The molecule has 1 N–H and O–H groups in total. The Hall–Kier alpha value is -1.78. The van der Waals surface area contributed by atoms with Gasteiger partial charge in [-0.25, -0.2) is 0 Å². The van der Waals surface area contributed by atoms with Crippen LogP contribution in [0.5, 0.6) is 0 Å². The van der Waals surface area contributed by atoms with E-state index in [9.17, 15) is 18.0 Å². The lowest BCUT2D eigenvalue weighted by Gasteiger charge is -2.21. The molecule has 1 rings (SSSR count). The van der Waals surface area contributed by atoms with E-state index in [0.717, 1.165) is 12.1 Å². The summed E-state index contributed by atoms with van der Waals surface area (Å²) in [6.07, 6.45) is -4.59. The molecule has 1 atom stereocenters. The van der Waals surface area contributed by atoms with Crippen LogP contribution in [0.1, 0.15) is 19.4 Å². The van der Waals surface area contributed by atoms with Crippen LogP contribution in [-0.4, -0.2) is 30.4 Å². The number of likely N-dealkylation sites (N-methyl/N-ethyl adjacent to an activating group) is 1. The summed E-state index contributed by atoms with van der Waals surface area (Å²) in [5, 5.41) is 10.8. The number of hydrogen-bond donors (Lipinski definition) is 1. The van der Waals surface area contributed by atoms with Gasteiger partial charge in [0.25, 0.3) is 0 Å². The van der Waals surface area contributed by atoms with Gasteiger partial charge < -0.3 is 5.32 Å². The molecule has 1 amide bonds. The first-order chi connectivity index (χ1) is 10.7. The fourth-order valence-corrected chi connectivity index (χ4v) is 2.18. The Bertz CT molecular complexity index is 599. The van der Waals surface area contributed by atoms with Crippen LogP contribution < -0.4 is 5.32 Å². The molecule has 1 aromatic carbocycles. The predicted octanol–water partition coefficient (Wildman–Crippen LogP) is 3.78. The molecular weight excluding hydrogens is 331 g/mol. The number of carbonyl (C=O) groups excluding carboxylic acids is 1. The van der Waals surface area contributed by atoms with Crippen LogP contribution >= 0.6 is 11.6 Å². The van der Waals surface area contributed by atoms with E-state index in [1.165, 1.54) is 6.07 Å². The van der Waals surface area contributed by atoms with Gasteiger partial charge in [-0.2, -0.15) is 18.4 Å². The Kier molecular flexibility index (Phi) is 6.85. The summed E-state index contributed by atoms with van der Waals surface area (Å²) in [6.45, 7) is 4.52. The number of alkyl halides is 3. The Balaban J connectivity index is 2.76. The molecule has 0 heterocycles. The van der Waals surface area contributed by atoms with Gasteiger partial charge in [0.05, 0.1) is 29.1 Å². The van der Waals surface area contributed by atoms with Gasteiger partial charge in [-0.3, -0.25) is 9.69 Å². The number of nitrogens with zero attached hydrogens (tertiary/aromatic N) is 2. The first-order valence-electron chi connectivity index (χ1n) is 6.96. The molecule has 0 aliphatic rings. The van der Waals surface area contributed by atoms with Crippen LogP contribution in [0.2, 0.25) is 5.02 Å². The highest BCUT2D eigenvalue weighted by molar-refractivity contribution is 6.31. The van der Waals surface area contributed by atoms with Crippen LogP contribution in [0, 0.1) is 17.2 Å². The van der Waals surface area contributed by atoms with Gasteiger partial charge >= 0.3 is 6.18 Å². The van der Waals surface area contributed by atoms with E-state index in [-0.39, 0.29) is 18.2 Å². The average Bonchev–Trinajstić information content (AvgIpc) is 2.47. The zero-order chi connectivity index (χ0) is 17.6. The number of anilines is 1. The van der Waals surface area contributed by atoms with Crippen LogP contribution in [0.4, 0.5) is 18.9 Å². The molecule has 0 aliphatic carbocycles. The maximum Gasteiger partial charge on any atom is 0.417 e. The second kappa shape index (κ2) is 8.18. The third-order valence-corrected chi connectivity index (χ3v) is 3.45. The number of halogens is 4. The first kappa shape index (κ1) is 19.3. The van der Waals surface area contributed by atoms with Crippen LogP contribution in [0.25, 0.3) is 0 Å². The molecule has 0 fully saturated rings. The Morgan fingerprint density at radius 3 is 2.65 bits per heavy atom. The zero-order valence-corrected chi connectivity index (χ0v) is 13.5. The van der Waals surface area contributed by atoms with Crippen molar-refractivity contribution >= 4 is 23.2 Å². The molecule has 1 unspecified atom stereocenters. The fraction of sp³-hybridized carbons (Fsp3) is 0.467. The molecule has 0 saturated heterocycles. The van der Waals surface area contributed by atoms with Gasteiger partial charge in [0, 0.05) is 12.2 Å². The molecule has 0 aromatic heterocycles. The largest absolute Gasteiger partial charge is 0.417 e. The highest BCUT2D eigenvalue weighted by atomic mass is 35.5. The van der Waals surface area contributed by atoms with Crippen LogP contribution in [0.3, 0.4) is 0 Å². The third-order valence-electron chi connectivity index (χ3n) is 3.12. The van der Waals surface area contributed by atoms with Gasteiger partial charge in [-0.15, -0.1) is 0 Å². The van der Waals surface area contributed by atoms with Crippen molar-refractivity contribution < 1.29 is 18.0 Å². The minimum Gasteiger partial charge on any atom is -0.325 e. The van der Waals surface area contributed by atoms with Crippen molar-refractivity contribution in [1.29, 1.82) is 5.26 Å². The molecule has 0 saturated carbocycles. The highest BCUT2D eigenvalue weighted by Crippen LogP contribution is 2.36. The lowest BCUT2D eigenvalue weighted by Crippen LogP contribution is -2.35. The van der Waals surface area contributed by atoms with Crippen LogP contribution in [0.15, 0.2) is 18.2 Å². The van der Waals surface area contributed by atoms with E-state index in [2.05, 4.69) is 11.4 Å². The van der Waals surface area contributed by atoms with E-state index < -0.39 is 22.7 Å². The molecule has 0 aliphatic heterocycles. The van der Waals surface area contributed by atoms with Gasteiger partial charge in [0.1, 0.15) is 0 Å². The smallest absolute Gasteiger partial charge is 0.325 e. The third kappa shape index (κ3) is 6.08. The molecule has 4 nitrogen and oxygen atoms in total. The Labute approximate surface area is 137 Å². The molecule has 0 bridgehead atoms. The quantitative estimate of drug-likeness (QED) is 0.852. The molecule has 23 heavy (non-hydrogen) atoms. The average molecular weight is 348 g/mol. The second-order valence-electron chi connectivity index (χ2n) is 5.10. The lowest BCUT2D eigenvalue weighted by molar-refractivity contribution is -0.137. The molecular formula is C15H17ClF3N3O. The van der Waals surface area contributed by atoms with Crippen molar-refractivity contribution in [2.75, 3.05) is 25.0 Å². The number of benzene rings is 1. The van der Waals surface area contributed by atoms with Crippen molar-refractivity contribution in [2.24, 2.45) is 5.92 Å². The normalized spacial score (nSPS) is 12.8. The topological polar surface area (TPSA) is 56.1 Å². The number of carbonyl (C=O) groups is 1. The summed E-state index contributed by atoms with van der Waals surface area (Å²) in [5.74, 6) is -0.692. The van der Waals surface area contributed by atoms with E-state index in [4.69, 9.17) is 16.9 Å². The Morgan fingerprint density at radius 1 is 1.48 bits per heavy atom. The fourth-order valence-electron chi connectivity index (χ4n) is 1.96. The molecule has 1 aromatic rings. The van der Waals surface area contributed by atoms with Gasteiger partial charge in [-0.1, -0.05) is 18.5 Å². The van der Waals surface area contributed by atoms with Crippen molar-refractivity contribution in [3.8, 4) is 6.07 Å². The summed E-state index contributed by atoms with van der Waals surface area (Å²) >= 11 is 5.53. The molecule has 0 spiro atoms. The molecule has 0 radical (unpaired) electrons. The SMILES string of the molecule is CCN(CC(=O)Nc1ccc(Cl)c(C(F)(F)F)c1)CC(C)C#N. The molecule has 126 valence electrons. The van der Waals surface area contributed by atoms with Crippen molar-refractivity contribution in [3.63, 3.8) is 0 Å². The monoisotopic (exact) mass is 347 g/mol. The van der Waals surface area contributed by atoms with Crippen LogP contribution in [-0.2, 0) is 11.0 Å². The molecule has 8 heteroatoms. The van der Waals surface area contributed by atoms with Gasteiger partial charge in [-0.05, 0) is 31.7 Å². The summed E-state index contributed by atoms with van der Waals surface area (Å²) in [6, 6.07) is 5.27. The van der Waals surface area contributed by atoms with E-state index >= 15 is 0 Å². The van der Waals surface area contributed by atoms with Gasteiger partial charge in [0.2, 0.25) is 5.91 Å². The minimum absolute atomic E-state index is 0.00744. The lowest BCUT2D eigenvalue weighted by atomic mass is 10.2. The standard InChI is InChI=1S/C15H17ClF3N3O/c1-3-22(8-10(2)7-20)9-14(23)21-11-4-5-13(16)12(6-11)15(17,18)19/h4-6,10H,3,8-9H2,1-2H3,(H,21,23). The number of rotatable bonds is 6. The van der Waals surface area contributed by atoms with E-state index in [0.29, 0.717) is 13.1 Å². The summed E-state index contributed by atoms with van der Waals surface area (Å²) in [5.41, 5.74) is -0.974. The highest BCUT2D eigenvalue weighted by Gasteiger charge is 2.33. The van der Waals surface area contributed by atoms with Gasteiger partial charge in [0.15, 0.2) is 0 Å². The second-order valence-corrected chi connectivity index (χ2v) is 5.51. The minimum atomic E-state index is -4.59.